The van der Waals surface area contributed by atoms with Crippen LogP contribution in [0, 0.1) is 10.1 Å². The fourth-order valence-corrected chi connectivity index (χ4v) is 2.07. The van der Waals surface area contributed by atoms with Gasteiger partial charge in [-0.15, -0.1) is 0 Å². The highest BCUT2D eigenvalue weighted by atomic mass is 16.6. The summed E-state index contributed by atoms with van der Waals surface area (Å²) in [7, 11) is 0. The number of hydrogen-bond donors (Lipinski definition) is 1. The molecule has 7 nitrogen and oxygen atoms in total. The Kier molecular flexibility index (Phi) is 6.05. The first kappa shape index (κ1) is 16.4. The van der Waals surface area contributed by atoms with Crippen molar-refractivity contribution in [2.24, 2.45) is 0 Å². The summed E-state index contributed by atoms with van der Waals surface area (Å²) < 4.78 is 1.98. The molecule has 2 aromatic rings. The largest absolute Gasteiger partial charge is 0.353 e. The maximum atomic E-state index is 11.7. The quantitative estimate of drug-likeness (QED) is 0.350. The first-order valence-corrected chi connectivity index (χ1v) is 7.32. The molecule has 2 rings (SSSR count). The van der Waals surface area contributed by atoms with Crippen LogP contribution in [0.5, 0.6) is 0 Å². The molecular weight excluding hydrogens is 296 g/mol. The number of nitrogens with one attached hydrogen (secondary N) is 1. The van der Waals surface area contributed by atoms with Gasteiger partial charge in [0, 0.05) is 37.6 Å². The van der Waals surface area contributed by atoms with E-state index in [1.807, 2.05) is 10.8 Å². The Morgan fingerprint density at radius 1 is 1.35 bits per heavy atom. The fourth-order valence-electron chi connectivity index (χ4n) is 2.07. The molecule has 1 aromatic heterocycles. The van der Waals surface area contributed by atoms with Gasteiger partial charge in [0.15, 0.2) is 0 Å². The van der Waals surface area contributed by atoms with Gasteiger partial charge >= 0.3 is 0 Å². The van der Waals surface area contributed by atoms with Gasteiger partial charge in [0.2, 0.25) is 5.91 Å². The van der Waals surface area contributed by atoms with Crippen molar-refractivity contribution in [1.82, 2.24) is 14.9 Å². The molecule has 120 valence electrons. The third kappa shape index (κ3) is 5.39. The van der Waals surface area contributed by atoms with Crippen molar-refractivity contribution in [3.05, 3.63) is 64.7 Å². The van der Waals surface area contributed by atoms with Gasteiger partial charge in [0.25, 0.3) is 5.69 Å². The zero-order valence-corrected chi connectivity index (χ0v) is 12.6. The molecule has 1 heterocycles. The minimum atomic E-state index is -0.465. The lowest BCUT2D eigenvalue weighted by Crippen LogP contribution is -2.22. The summed E-state index contributed by atoms with van der Waals surface area (Å²) in [6.07, 6.45) is 9.95. The molecule has 1 aromatic carbocycles. The molecule has 0 atom stereocenters. The number of nitrogens with zero attached hydrogens (tertiary/aromatic N) is 3. The number of carbonyl (C=O) groups excluding carboxylic acids is 1. The molecule has 1 N–H and O–H groups in total. The Morgan fingerprint density at radius 3 is 2.91 bits per heavy atom. The summed E-state index contributed by atoms with van der Waals surface area (Å²) in [4.78, 5) is 26.1. The van der Waals surface area contributed by atoms with E-state index in [-0.39, 0.29) is 11.6 Å². The summed E-state index contributed by atoms with van der Waals surface area (Å²) in [5.74, 6) is -0.259. The number of para-hydroxylation sites is 1. The Labute approximate surface area is 133 Å². The number of carbonyl (C=O) groups is 1. The molecule has 0 saturated carbocycles. The van der Waals surface area contributed by atoms with E-state index in [1.54, 1.807) is 30.7 Å². The number of aryl methyl sites for hydroxylation is 1. The number of nitro benzene ring substituents is 1. The lowest BCUT2D eigenvalue weighted by Gasteiger charge is -2.03. The molecule has 0 unspecified atom stereocenters. The number of hydrogen-bond acceptors (Lipinski definition) is 4. The van der Waals surface area contributed by atoms with E-state index in [0.717, 1.165) is 19.4 Å². The predicted octanol–water partition coefficient (Wildman–Crippen LogP) is 2.40. The predicted molar refractivity (Wildman–Crippen MR) is 86.6 cm³/mol. The topological polar surface area (TPSA) is 90.1 Å². The van der Waals surface area contributed by atoms with Crippen LogP contribution in [0.4, 0.5) is 5.69 Å². The van der Waals surface area contributed by atoms with Crippen LogP contribution in [0.15, 0.2) is 49.1 Å². The summed E-state index contributed by atoms with van der Waals surface area (Å²) in [6.45, 7) is 1.43. The van der Waals surface area contributed by atoms with Gasteiger partial charge in [-0.2, -0.15) is 0 Å². The molecule has 0 saturated heterocycles. The number of nitro groups is 1. The van der Waals surface area contributed by atoms with E-state index >= 15 is 0 Å². The zero-order valence-electron chi connectivity index (χ0n) is 12.6. The molecule has 0 aliphatic heterocycles. The van der Waals surface area contributed by atoms with Gasteiger partial charge in [-0.25, -0.2) is 4.98 Å². The van der Waals surface area contributed by atoms with Crippen molar-refractivity contribution in [2.75, 3.05) is 6.54 Å². The number of benzene rings is 1. The number of aromatic nitrogens is 2. The van der Waals surface area contributed by atoms with Gasteiger partial charge < -0.3 is 9.88 Å². The molecule has 0 bridgehead atoms. The normalized spacial score (nSPS) is 10.8. The summed E-state index contributed by atoms with van der Waals surface area (Å²) in [5, 5.41) is 13.6. The van der Waals surface area contributed by atoms with Crippen molar-refractivity contribution in [3.8, 4) is 0 Å². The molecule has 0 aliphatic carbocycles. The zero-order chi connectivity index (χ0) is 16.5. The number of unbranched alkanes of at least 4 members (excludes halogenated alkanes) is 1. The number of rotatable bonds is 8. The molecule has 7 heteroatoms. The van der Waals surface area contributed by atoms with Crippen molar-refractivity contribution in [3.63, 3.8) is 0 Å². The molecular formula is C16H18N4O3. The standard InChI is InChI=1S/C16H18N4O3/c21-16(18-9-3-4-11-19-12-10-17-13-19)8-7-14-5-1-2-6-15(14)20(22)23/h1-2,5-8,10,12-13H,3-4,9,11H2,(H,18,21). The fraction of sp³-hybridized carbons (Fsp3) is 0.250. The minimum Gasteiger partial charge on any atom is -0.353 e. The summed E-state index contributed by atoms with van der Waals surface area (Å²) in [5.41, 5.74) is 0.393. The van der Waals surface area contributed by atoms with E-state index in [0.29, 0.717) is 12.1 Å². The third-order valence-electron chi connectivity index (χ3n) is 3.25. The maximum Gasteiger partial charge on any atom is 0.276 e. The average molecular weight is 314 g/mol. The minimum absolute atomic E-state index is 0.0168. The van der Waals surface area contributed by atoms with Crippen LogP contribution >= 0.6 is 0 Å². The van der Waals surface area contributed by atoms with Crippen LogP contribution in [0.1, 0.15) is 18.4 Å². The van der Waals surface area contributed by atoms with Crippen LogP contribution < -0.4 is 5.32 Å². The van der Waals surface area contributed by atoms with Gasteiger partial charge in [-0.05, 0) is 25.0 Å². The second kappa shape index (κ2) is 8.47. The van der Waals surface area contributed by atoms with E-state index < -0.39 is 4.92 Å². The molecule has 0 aliphatic rings. The Bertz CT molecular complexity index is 680. The average Bonchev–Trinajstić information content (AvgIpc) is 3.06. The van der Waals surface area contributed by atoms with Crippen molar-refractivity contribution in [2.45, 2.75) is 19.4 Å². The molecule has 23 heavy (non-hydrogen) atoms. The lowest BCUT2D eigenvalue weighted by molar-refractivity contribution is -0.385. The Balaban J connectivity index is 1.73. The first-order chi connectivity index (χ1) is 11.2. The van der Waals surface area contributed by atoms with Crippen LogP contribution in [0.25, 0.3) is 6.08 Å². The first-order valence-electron chi connectivity index (χ1n) is 7.32. The van der Waals surface area contributed by atoms with Crippen LogP contribution in [0.2, 0.25) is 0 Å². The third-order valence-corrected chi connectivity index (χ3v) is 3.25. The highest BCUT2D eigenvalue weighted by Crippen LogP contribution is 2.18. The summed E-state index contributed by atoms with van der Waals surface area (Å²) in [6, 6.07) is 6.30. The SMILES string of the molecule is O=C(C=Cc1ccccc1[N+](=O)[O-])NCCCCn1ccnc1. The van der Waals surface area contributed by atoms with Gasteiger partial charge in [-0.1, -0.05) is 12.1 Å². The highest BCUT2D eigenvalue weighted by molar-refractivity contribution is 5.92. The van der Waals surface area contributed by atoms with Crippen LogP contribution in [-0.4, -0.2) is 26.9 Å². The van der Waals surface area contributed by atoms with Crippen molar-refractivity contribution in [1.29, 1.82) is 0 Å². The highest BCUT2D eigenvalue weighted by Gasteiger charge is 2.09. The van der Waals surface area contributed by atoms with E-state index in [4.69, 9.17) is 0 Å². The molecule has 0 fully saturated rings. The van der Waals surface area contributed by atoms with Crippen LogP contribution in [0.3, 0.4) is 0 Å². The number of imidazole rings is 1. The van der Waals surface area contributed by atoms with E-state index in [9.17, 15) is 14.9 Å². The molecule has 0 radical (unpaired) electrons. The van der Waals surface area contributed by atoms with Gasteiger partial charge in [-0.3, -0.25) is 14.9 Å². The van der Waals surface area contributed by atoms with Gasteiger partial charge in [0.05, 0.1) is 16.8 Å². The smallest absolute Gasteiger partial charge is 0.276 e. The van der Waals surface area contributed by atoms with Crippen molar-refractivity contribution >= 4 is 17.7 Å². The second-order valence-corrected chi connectivity index (χ2v) is 4.95. The molecule has 0 spiro atoms. The monoisotopic (exact) mass is 314 g/mol. The van der Waals surface area contributed by atoms with Crippen LogP contribution in [-0.2, 0) is 11.3 Å². The summed E-state index contributed by atoms with van der Waals surface area (Å²) >= 11 is 0. The maximum absolute atomic E-state index is 11.7. The Hall–Kier alpha value is -2.96. The van der Waals surface area contributed by atoms with E-state index in [2.05, 4.69) is 10.3 Å². The van der Waals surface area contributed by atoms with Crippen molar-refractivity contribution < 1.29 is 9.72 Å². The Morgan fingerprint density at radius 2 is 2.17 bits per heavy atom. The molecule has 1 amide bonds. The number of amides is 1. The second-order valence-electron chi connectivity index (χ2n) is 4.95. The van der Waals surface area contributed by atoms with Gasteiger partial charge in [0.1, 0.15) is 0 Å². The lowest BCUT2D eigenvalue weighted by atomic mass is 10.1. The van der Waals surface area contributed by atoms with E-state index in [1.165, 1.54) is 18.2 Å².